The van der Waals surface area contributed by atoms with Crippen LogP contribution >= 0.6 is 0 Å². The largest absolute Gasteiger partial charge is 0.355 e. The summed E-state index contributed by atoms with van der Waals surface area (Å²) in [6.07, 6.45) is 0. The lowest BCUT2D eigenvalue weighted by Gasteiger charge is -2.12. The number of rotatable bonds is 6. The molecule has 3 aromatic rings. The topological polar surface area (TPSA) is 104 Å². The summed E-state index contributed by atoms with van der Waals surface area (Å²) in [6, 6.07) is 17.2. The van der Waals surface area contributed by atoms with E-state index in [0.29, 0.717) is 5.56 Å². The number of hydrogen-bond acceptors (Lipinski definition) is 4. The van der Waals surface area contributed by atoms with Gasteiger partial charge in [0.1, 0.15) is 5.82 Å². The molecule has 0 aliphatic carbocycles. The average Bonchev–Trinajstić information content (AvgIpc) is 2.79. The molecule has 0 bridgehead atoms. The molecule has 0 fully saturated rings. The molecule has 160 valence electrons. The molecular formula is C22H20FN3O4S. The molecule has 0 unspecified atom stereocenters. The first-order valence-corrected chi connectivity index (χ1v) is 10.7. The number of benzene rings is 3. The van der Waals surface area contributed by atoms with E-state index in [1.54, 1.807) is 6.07 Å². The lowest BCUT2D eigenvalue weighted by Crippen LogP contribution is -2.42. The molecule has 3 rings (SSSR count). The van der Waals surface area contributed by atoms with Crippen LogP contribution < -0.4 is 15.6 Å². The number of carbonyl (C=O) groups excluding carboxylic acids is 2. The summed E-state index contributed by atoms with van der Waals surface area (Å²) in [6.45, 7) is 1.52. The van der Waals surface area contributed by atoms with Gasteiger partial charge < -0.3 is 5.32 Å². The van der Waals surface area contributed by atoms with Gasteiger partial charge in [-0.25, -0.2) is 12.8 Å². The number of hydrazine groups is 1. The highest BCUT2D eigenvalue weighted by atomic mass is 32.2. The van der Waals surface area contributed by atoms with Crippen molar-refractivity contribution in [3.05, 3.63) is 89.2 Å². The summed E-state index contributed by atoms with van der Waals surface area (Å²) < 4.78 is 39.4. The summed E-state index contributed by atoms with van der Waals surface area (Å²) >= 11 is 0. The number of carbonyl (C=O) groups is 2. The molecule has 0 spiro atoms. The van der Waals surface area contributed by atoms with Gasteiger partial charge in [0, 0.05) is 12.6 Å². The van der Waals surface area contributed by atoms with Crippen LogP contribution in [0.1, 0.15) is 26.3 Å². The van der Waals surface area contributed by atoms with E-state index < -0.39 is 21.7 Å². The van der Waals surface area contributed by atoms with Gasteiger partial charge >= 0.3 is 0 Å². The molecule has 7 nitrogen and oxygen atoms in total. The monoisotopic (exact) mass is 441 g/mol. The van der Waals surface area contributed by atoms with Gasteiger partial charge in [0.2, 0.25) is 0 Å². The molecule has 0 heterocycles. The van der Waals surface area contributed by atoms with Crippen molar-refractivity contribution >= 4 is 21.8 Å². The van der Waals surface area contributed by atoms with E-state index in [1.165, 1.54) is 44.3 Å². The van der Waals surface area contributed by atoms with Gasteiger partial charge in [-0.2, -0.15) is 0 Å². The second kappa shape index (κ2) is 9.07. The van der Waals surface area contributed by atoms with E-state index in [4.69, 9.17) is 0 Å². The van der Waals surface area contributed by atoms with E-state index >= 15 is 0 Å². The predicted octanol–water partition coefficient (Wildman–Crippen LogP) is 2.78. The zero-order chi connectivity index (χ0) is 22.6. The number of amides is 2. The van der Waals surface area contributed by atoms with Crippen LogP contribution in [-0.4, -0.2) is 27.3 Å². The molecule has 0 saturated carbocycles. The van der Waals surface area contributed by atoms with Crippen LogP contribution in [0.25, 0.3) is 11.1 Å². The van der Waals surface area contributed by atoms with Crippen LogP contribution in [0.15, 0.2) is 71.6 Å². The fraction of sp³-hybridized carbons (Fsp3) is 0.0909. The van der Waals surface area contributed by atoms with Gasteiger partial charge in [0.15, 0.2) is 0 Å². The van der Waals surface area contributed by atoms with Gasteiger partial charge in [-0.1, -0.05) is 30.3 Å². The van der Waals surface area contributed by atoms with Gasteiger partial charge in [-0.05, 0) is 60.0 Å². The molecule has 9 heteroatoms. The smallest absolute Gasteiger partial charge is 0.269 e. The van der Waals surface area contributed by atoms with Crippen molar-refractivity contribution in [3.63, 3.8) is 0 Å². The van der Waals surface area contributed by atoms with E-state index in [-0.39, 0.29) is 27.5 Å². The lowest BCUT2D eigenvalue weighted by molar-refractivity contribution is 0.0938. The first kappa shape index (κ1) is 22.1. The SMILES string of the molecule is CNC(=O)c1ccc(S(=O)(=O)NNC(=O)c2cc(-c3ccccc3)cc(C)c2F)cc1. The Labute approximate surface area is 179 Å². The Morgan fingerprint density at radius 1 is 0.871 bits per heavy atom. The third-order valence-electron chi connectivity index (χ3n) is 4.56. The van der Waals surface area contributed by atoms with E-state index in [0.717, 1.165) is 5.56 Å². The van der Waals surface area contributed by atoms with Crippen LogP contribution in [0.5, 0.6) is 0 Å². The molecule has 2 amide bonds. The Morgan fingerprint density at radius 2 is 1.52 bits per heavy atom. The molecule has 0 radical (unpaired) electrons. The Balaban J connectivity index is 1.80. The molecule has 3 N–H and O–H groups in total. The molecule has 0 aromatic heterocycles. The number of sulfonamides is 1. The minimum atomic E-state index is -4.13. The zero-order valence-electron chi connectivity index (χ0n) is 16.8. The second-order valence-electron chi connectivity index (χ2n) is 6.68. The maximum atomic E-state index is 14.6. The van der Waals surface area contributed by atoms with Crippen molar-refractivity contribution in [1.29, 1.82) is 0 Å². The van der Waals surface area contributed by atoms with Crippen molar-refractivity contribution in [2.75, 3.05) is 7.05 Å². The van der Waals surface area contributed by atoms with Crippen LogP contribution in [-0.2, 0) is 10.0 Å². The van der Waals surface area contributed by atoms with Crippen LogP contribution in [0.3, 0.4) is 0 Å². The lowest BCUT2D eigenvalue weighted by atomic mass is 9.99. The summed E-state index contributed by atoms with van der Waals surface area (Å²) in [7, 11) is -2.68. The molecule has 0 atom stereocenters. The van der Waals surface area contributed by atoms with Crippen molar-refractivity contribution in [1.82, 2.24) is 15.6 Å². The van der Waals surface area contributed by atoms with Gasteiger partial charge in [0.05, 0.1) is 10.5 Å². The number of aryl methyl sites for hydroxylation is 1. The standard InChI is InChI=1S/C22H20FN3O4S/c1-14-12-17(15-6-4-3-5-7-15)13-19(20(14)23)22(28)25-26-31(29,30)18-10-8-16(9-11-18)21(27)24-2/h3-13,26H,1-2H3,(H,24,27)(H,25,28). The molecule has 3 aromatic carbocycles. The van der Waals surface area contributed by atoms with Crippen LogP contribution in [0.4, 0.5) is 4.39 Å². The first-order valence-electron chi connectivity index (χ1n) is 9.23. The number of hydrogen-bond donors (Lipinski definition) is 3. The predicted molar refractivity (Wildman–Crippen MR) is 114 cm³/mol. The molecule has 0 saturated heterocycles. The Bertz CT molecular complexity index is 1230. The highest BCUT2D eigenvalue weighted by Gasteiger charge is 2.20. The molecule has 0 aliphatic rings. The minimum Gasteiger partial charge on any atom is -0.355 e. The highest BCUT2D eigenvalue weighted by molar-refractivity contribution is 7.89. The minimum absolute atomic E-state index is 0.171. The van der Waals surface area contributed by atoms with Gasteiger partial charge in [-0.15, -0.1) is 4.83 Å². The number of halogens is 1. The van der Waals surface area contributed by atoms with Crippen molar-refractivity contribution in [2.24, 2.45) is 0 Å². The van der Waals surface area contributed by atoms with Crippen LogP contribution in [0.2, 0.25) is 0 Å². The molecular weight excluding hydrogens is 421 g/mol. The summed E-state index contributed by atoms with van der Waals surface area (Å²) in [5.74, 6) is -2.05. The van der Waals surface area contributed by atoms with Crippen molar-refractivity contribution in [3.8, 4) is 11.1 Å². The Kier molecular flexibility index (Phi) is 6.47. The van der Waals surface area contributed by atoms with E-state index in [2.05, 4.69) is 5.32 Å². The fourth-order valence-electron chi connectivity index (χ4n) is 2.90. The maximum Gasteiger partial charge on any atom is 0.269 e. The molecule has 31 heavy (non-hydrogen) atoms. The maximum absolute atomic E-state index is 14.6. The zero-order valence-corrected chi connectivity index (χ0v) is 17.6. The third-order valence-corrected chi connectivity index (χ3v) is 5.82. The third kappa shape index (κ3) is 4.96. The van der Waals surface area contributed by atoms with E-state index in [9.17, 15) is 22.4 Å². The van der Waals surface area contributed by atoms with E-state index in [1.807, 2.05) is 40.6 Å². The second-order valence-corrected chi connectivity index (χ2v) is 8.37. The highest BCUT2D eigenvalue weighted by Crippen LogP contribution is 2.24. The van der Waals surface area contributed by atoms with Crippen molar-refractivity contribution in [2.45, 2.75) is 11.8 Å². The van der Waals surface area contributed by atoms with Gasteiger partial charge in [0.25, 0.3) is 21.8 Å². The fourth-order valence-corrected chi connectivity index (χ4v) is 3.74. The average molecular weight is 441 g/mol. The normalized spacial score (nSPS) is 11.1. The van der Waals surface area contributed by atoms with Crippen LogP contribution in [0, 0.1) is 12.7 Å². The Hall–Kier alpha value is -3.56. The Morgan fingerprint density at radius 3 is 2.13 bits per heavy atom. The summed E-state index contributed by atoms with van der Waals surface area (Å²) in [4.78, 5) is 25.9. The number of nitrogens with one attached hydrogen (secondary N) is 3. The first-order chi connectivity index (χ1) is 14.7. The molecule has 0 aliphatic heterocycles. The quantitative estimate of drug-likeness (QED) is 0.512. The van der Waals surface area contributed by atoms with Crippen molar-refractivity contribution < 1.29 is 22.4 Å². The van der Waals surface area contributed by atoms with Gasteiger partial charge in [-0.3, -0.25) is 15.0 Å². The summed E-state index contributed by atoms with van der Waals surface area (Å²) in [5.41, 5.74) is 3.68. The summed E-state index contributed by atoms with van der Waals surface area (Å²) in [5, 5.41) is 2.43.